The average molecular weight is 232 g/mol. The third kappa shape index (κ3) is 3.18. The lowest BCUT2D eigenvalue weighted by molar-refractivity contribution is 0.564. The first-order valence-corrected chi connectivity index (χ1v) is 6.57. The molecule has 0 bridgehead atoms. The van der Waals surface area contributed by atoms with Crippen LogP contribution in [0.2, 0.25) is 0 Å². The Kier molecular flexibility index (Phi) is 3.98. The van der Waals surface area contributed by atoms with Gasteiger partial charge >= 0.3 is 0 Å². The van der Waals surface area contributed by atoms with Gasteiger partial charge in [-0.1, -0.05) is 36.6 Å². The standard InChI is InChI=1S/C16H21F/c1-12-6-5-7-13(2)11-16(17)15(10-12)14-8-3-4-9-14/h5-7,11,14H,3-4,8-10H2,1-2H3/b7-5-,12-6-,13-11+,16-15-. The van der Waals surface area contributed by atoms with Crippen molar-refractivity contribution in [2.24, 2.45) is 5.92 Å². The molecule has 0 heterocycles. The molecule has 1 saturated carbocycles. The van der Waals surface area contributed by atoms with Crippen LogP contribution in [0, 0.1) is 5.92 Å². The summed E-state index contributed by atoms with van der Waals surface area (Å²) in [6, 6.07) is 0. The lowest BCUT2D eigenvalue weighted by atomic mass is 9.91. The molecule has 2 rings (SSSR count). The van der Waals surface area contributed by atoms with Crippen LogP contribution in [0.5, 0.6) is 0 Å². The summed E-state index contributed by atoms with van der Waals surface area (Å²) in [6.45, 7) is 4.05. The van der Waals surface area contributed by atoms with Crippen molar-refractivity contribution >= 4 is 0 Å². The van der Waals surface area contributed by atoms with Gasteiger partial charge in [0.15, 0.2) is 0 Å². The van der Waals surface area contributed by atoms with E-state index in [-0.39, 0.29) is 5.83 Å². The van der Waals surface area contributed by atoms with E-state index in [1.807, 2.05) is 19.1 Å². The predicted molar refractivity (Wildman–Crippen MR) is 71.4 cm³/mol. The van der Waals surface area contributed by atoms with E-state index in [0.29, 0.717) is 5.92 Å². The molecule has 0 unspecified atom stereocenters. The Morgan fingerprint density at radius 3 is 2.59 bits per heavy atom. The summed E-state index contributed by atoms with van der Waals surface area (Å²) in [7, 11) is 0. The molecule has 1 fully saturated rings. The van der Waals surface area contributed by atoms with Crippen LogP contribution in [-0.4, -0.2) is 0 Å². The highest BCUT2D eigenvalue weighted by Gasteiger charge is 2.22. The summed E-state index contributed by atoms with van der Waals surface area (Å²) in [6.07, 6.45) is 13.4. The maximum atomic E-state index is 14.3. The molecular weight excluding hydrogens is 211 g/mol. The average Bonchev–Trinajstić information content (AvgIpc) is 2.78. The molecule has 0 spiro atoms. The molecule has 2 aliphatic rings. The topological polar surface area (TPSA) is 0 Å². The minimum Gasteiger partial charge on any atom is -0.207 e. The SMILES string of the molecule is C/C1=C/C=C\C(C)=C\C(F)=C(\C2CCCC2)C1. The van der Waals surface area contributed by atoms with Crippen LogP contribution in [0.1, 0.15) is 46.0 Å². The molecule has 0 aromatic rings. The summed E-state index contributed by atoms with van der Waals surface area (Å²) in [4.78, 5) is 0. The highest BCUT2D eigenvalue weighted by atomic mass is 19.1. The van der Waals surface area contributed by atoms with Gasteiger partial charge in [-0.15, -0.1) is 0 Å². The van der Waals surface area contributed by atoms with Crippen LogP contribution in [0.3, 0.4) is 0 Å². The zero-order chi connectivity index (χ0) is 12.3. The minimum atomic E-state index is 0.00806. The van der Waals surface area contributed by atoms with Crippen molar-refractivity contribution < 1.29 is 4.39 Å². The van der Waals surface area contributed by atoms with Gasteiger partial charge in [0, 0.05) is 0 Å². The third-order valence-corrected chi connectivity index (χ3v) is 3.72. The Morgan fingerprint density at radius 2 is 1.88 bits per heavy atom. The van der Waals surface area contributed by atoms with Gasteiger partial charge in [-0.2, -0.15) is 0 Å². The lowest BCUT2D eigenvalue weighted by Crippen LogP contribution is -2.02. The number of hydrogen-bond donors (Lipinski definition) is 0. The maximum absolute atomic E-state index is 14.3. The highest BCUT2D eigenvalue weighted by Crippen LogP contribution is 2.37. The van der Waals surface area contributed by atoms with Crippen LogP contribution >= 0.6 is 0 Å². The lowest BCUT2D eigenvalue weighted by Gasteiger charge is -2.15. The van der Waals surface area contributed by atoms with E-state index in [0.717, 1.165) is 30.4 Å². The molecule has 0 amide bonds. The van der Waals surface area contributed by atoms with Crippen molar-refractivity contribution in [3.63, 3.8) is 0 Å². The van der Waals surface area contributed by atoms with Crippen LogP contribution in [-0.2, 0) is 0 Å². The van der Waals surface area contributed by atoms with E-state index in [1.54, 1.807) is 6.08 Å². The first-order valence-electron chi connectivity index (χ1n) is 6.57. The normalized spacial score (nSPS) is 35.2. The summed E-state index contributed by atoms with van der Waals surface area (Å²) < 4.78 is 14.3. The Hall–Kier alpha value is -1.11. The van der Waals surface area contributed by atoms with Gasteiger partial charge in [0.2, 0.25) is 0 Å². The van der Waals surface area contributed by atoms with Crippen LogP contribution in [0.4, 0.5) is 4.39 Å². The largest absolute Gasteiger partial charge is 0.207 e. The molecule has 0 nitrogen and oxygen atoms in total. The Balaban J connectivity index is 2.34. The summed E-state index contributed by atoms with van der Waals surface area (Å²) in [5.74, 6) is 0.481. The van der Waals surface area contributed by atoms with Crippen molar-refractivity contribution in [2.45, 2.75) is 46.0 Å². The van der Waals surface area contributed by atoms with Gasteiger partial charge in [-0.3, -0.25) is 0 Å². The van der Waals surface area contributed by atoms with E-state index in [4.69, 9.17) is 0 Å². The maximum Gasteiger partial charge on any atom is 0.123 e. The molecule has 0 aromatic carbocycles. The highest BCUT2D eigenvalue weighted by molar-refractivity contribution is 5.35. The Morgan fingerprint density at radius 1 is 1.18 bits per heavy atom. The molecule has 17 heavy (non-hydrogen) atoms. The van der Waals surface area contributed by atoms with E-state index in [1.165, 1.54) is 18.4 Å². The third-order valence-electron chi connectivity index (χ3n) is 3.72. The Labute approximate surface area is 104 Å². The molecule has 0 aliphatic heterocycles. The van der Waals surface area contributed by atoms with Crippen LogP contribution < -0.4 is 0 Å². The van der Waals surface area contributed by atoms with Crippen molar-refractivity contribution in [1.29, 1.82) is 0 Å². The second-order valence-electron chi connectivity index (χ2n) is 5.29. The molecule has 0 radical (unpaired) electrons. The van der Waals surface area contributed by atoms with Gasteiger partial charge in [-0.25, -0.2) is 4.39 Å². The minimum absolute atomic E-state index is 0.00806. The molecule has 0 aromatic heterocycles. The van der Waals surface area contributed by atoms with Gasteiger partial charge in [0.1, 0.15) is 5.83 Å². The van der Waals surface area contributed by atoms with Crippen LogP contribution in [0.15, 0.2) is 46.9 Å². The molecule has 1 heteroatoms. The van der Waals surface area contributed by atoms with Crippen molar-refractivity contribution in [3.8, 4) is 0 Å². The fourth-order valence-corrected chi connectivity index (χ4v) is 2.76. The number of rotatable bonds is 1. The Bertz CT molecular complexity index is 401. The van der Waals surface area contributed by atoms with E-state index < -0.39 is 0 Å². The van der Waals surface area contributed by atoms with Crippen molar-refractivity contribution in [2.75, 3.05) is 0 Å². The quantitative estimate of drug-likeness (QED) is 0.579. The van der Waals surface area contributed by atoms with Crippen LogP contribution in [0.25, 0.3) is 0 Å². The summed E-state index contributed by atoms with van der Waals surface area (Å²) >= 11 is 0. The smallest absolute Gasteiger partial charge is 0.123 e. The zero-order valence-corrected chi connectivity index (χ0v) is 10.8. The molecular formula is C16H21F. The van der Waals surface area contributed by atoms with Gasteiger partial charge in [0.25, 0.3) is 0 Å². The number of hydrogen-bond acceptors (Lipinski definition) is 0. The van der Waals surface area contributed by atoms with E-state index in [2.05, 4.69) is 13.0 Å². The fourth-order valence-electron chi connectivity index (χ4n) is 2.76. The molecule has 92 valence electrons. The monoisotopic (exact) mass is 232 g/mol. The first kappa shape index (κ1) is 12.3. The second-order valence-corrected chi connectivity index (χ2v) is 5.29. The van der Waals surface area contributed by atoms with Crippen molar-refractivity contribution in [3.05, 3.63) is 46.9 Å². The number of halogens is 1. The second kappa shape index (κ2) is 5.48. The van der Waals surface area contributed by atoms with Gasteiger partial charge in [0.05, 0.1) is 0 Å². The zero-order valence-electron chi connectivity index (χ0n) is 10.8. The molecule has 0 saturated heterocycles. The van der Waals surface area contributed by atoms with Gasteiger partial charge in [-0.05, 0) is 56.3 Å². The fraction of sp³-hybridized carbons (Fsp3) is 0.500. The predicted octanol–water partition coefficient (Wildman–Crippen LogP) is 5.25. The van der Waals surface area contributed by atoms with E-state index in [9.17, 15) is 4.39 Å². The molecule has 0 N–H and O–H groups in total. The van der Waals surface area contributed by atoms with E-state index >= 15 is 0 Å². The summed E-state index contributed by atoms with van der Waals surface area (Å²) in [5, 5.41) is 0. The number of allylic oxidation sites excluding steroid dienone is 8. The molecule has 0 atom stereocenters. The summed E-state index contributed by atoms with van der Waals surface area (Å²) in [5.41, 5.74) is 3.27. The van der Waals surface area contributed by atoms with Crippen molar-refractivity contribution in [1.82, 2.24) is 0 Å². The first-order chi connectivity index (χ1) is 8.16. The van der Waals surface area contributed by atoms with Gasteiger partial charge < -0.3 is 0 Å². The molecule has 2 aliphatic carbocycles.